The Morgan fingerprint density at radius 1 is 1.12 bits per heavy atom. The van der Waals surface area contributed by atoms with Gasteiger partial charge in [0.05, 0.1) is 5.60 Å². The molecule has 2 amide bonds. The van der Waals surface area contributed by atoms with Crippen LogP contribution >= 0.6 is 0 Å². The van der Waals surface area contributed by atoms with Gasteiger partial charge in [-0.15, -0.1) is 0 Å². The molecule has 0 aliphatic carbocycles. The van der Waals surface area contributed by atoms with Gasteiger partial charge in [-0.1, -0.05) is 0 Å². The maximum atomic E-state index is 12.2. The average molecular weight is 350 g/mol. The fourth-order valence-corrected chi connectivity index (χ4v) is 2.00. The minimum Gasteiger partial charge on any atom is -0.480 e. The number of benzene rings is 1. The first-order valence-corrected chi connectivity index (χ1v) is 8.00. The molecule has 0 aromatic heterocycles. The lowest BCUT2D eigenvalue weighted by Crippen LogP contribution is -2.42. The maximum Gasteiger partial charge on any atom is 0.326 e. The first kappa shape index (κ1) is 20.6. The highest BCUT2D eigenvalue weighted by atomic mass is 16.5. The Morgan fingerprint density at radius 2 is 1.64 bits per heavy atom. The van der Waals surface area contributed by atoms with E-state index in [0.29, 0.717) is 11.1 Å². The number of carbonyl (C=O) groups is 3. The number of carboxylic acids is 1. The zero-order chi connectivity index (χ0) is 19.2. The molecule has 25 heavy (non-hydrogen) atoms. The molecule has 0 aliphatic rings. The van der Waals surface area contributed by atoms with Crippen molar-refractivity contribution in [3.8, 4) is 0 Å². The molecule has 0 radical (unpaired) electrons. The number of aliphatic carboxylic acids is 1. The lowest BCUT2D eigenvalue weighted by atomic mass is 10.1. The van der Waals surface area contributed by atoms with Crippen LogP contribution < -0.4 is 5.32 Å². The Kier molecular flexibility index (Phi) is 7.11. The largest absolute Gasteiger partial charge is 0.480 e. The van der Waals surface area contributed by atoms with Gasteiger partial charge < -0.3 is 20.1 Å². The fourth-order valence-electron chi connectivity index (χ4n) is 2.00. The first-order valence-electron chi connectivity index (χ1n) is 8.00. The molecule has 7 nitrogen and oxygen atoms in total. The lowest BCUT2D eigenvalue weighted by molar-refractivity contribution is -0.140. The number of amides is 2. The zero-order valence-electron chi connectivity index (χ0n) is 15.3. The van der Waals surface area contributed by atoms with Crippen molar-refractivity contribution in [1.29, 1.82) is 0 Å². The molecule has 1 unspecified atom stereocenters. The van der Waals surface area contributed by atoms with Crippen LogP contribution in [0.4, 0.5) is 0 Å². The monoisotopic (exact) mass is 350 g/mol. The van der Waals surface area contributed by atoms with Crippen LogP contribution in [0.5, 0.6) is 0 Å². The van der Waals surface area contributed by atoms with E-state index in [1.807, 2.05) is 20.8 Å². The van der Waals surface area contributed by atoms with Crippen LogP contribution in [0.15, 0.2) is 24.3 Å². The Balaban J connectivity index is 2.71. The van der Waals surface area contributed by atoms with Crippen molar-refractivity contribution < 1.29 is 24.2 Å². The van der Waals surface area contributed by atoms with Crippen molar-refractivity contribution in [2.45, 2.75) is 38.8 Å². The zero-order valence-corrected chi connectivity index (χ0v) is 15.3. The van der Waals surface area contributed by atoms with E-state index in [9.17, 15) is 19.5 Å². The number of rotatable bonds is 7. The van der Waals surface area contributed by atoms with Gasteiger partial charge in [-0.05, 0) is 45.0 Å². The van der Waals surface area contributed by atoms with Gasteiger partial charge in [0.2, 0.25) is 0 Å². The first-order chi connectivity index (χ1) is 11.5. The van der Waals surface area contributed by atoms with Crippen LogP contribution in [0, 0.1) is 0 Å². The molecule has 0 spiro atoms. The number of hydrogen-bond acceptors (Lipinski definition) is 4. The third-order valence-electron chi connectivity index (χ3n) is 3.35. The van der Waals surface area contributed by atoms with E-state index < -0.39 is 17.9 Å². The summed E-state index contributed by atoms with van der Waals surface area (Å²) in [6.45, 7) is 5.84. The normalized spacial score (nSPS) is 12.4. The van der Waals surface area contributed by atoms with Crippen LogP contribution in [0.3, 0.4) is 0 Å². The summed E-state index contributed by atoms with van der Waals surface area (Å²) in [6.07, 6.45) is 0.162. The van der Waals surface area contributed by atoms with Gasteiger partial charge in [0.1, 0.15) is 6.04 Å². The third-order valence-corrected chi connectivity index (χ3v) is 3.35. The minimum atomic E-state index is -1.12. The summed E-state index contributed by atoms with van der Waals surface area (Å²) in [5.41, 5.74) is 0.371. The van der Waals surface area contributed by atoms with Crippen molar-refractivity contribution in [2.75, 3.05) is 20.7 Å². The van der Waals surface area contributed by atoms with E-state index in [1.54, 1.807) is 14.1 Å². The number of ether oxygens (including phenoxy) is 1. The summed E-state index contributed by atoms with van der Waals surface area (Å²) < 4.78 is 5.50. The molecule has 0 fully saturated rings. The van der Waals surface area contributed by atoms with Gasteiger partial charge >= 0.3 is 5.97 Å². The second kappa shape index (κ2) is 8.62. The summed E-state index contributed by atoms with van der Waals surface area (Å²) in [7, 11) is 3.28. The standard InChI is InChI=1S/C18H26N2O5/c1-18(2,3)25-11-10-14(17(23)24)19-15(21)12-6-8-13(9-7-12)16(22)20(4)5/h6-9,14H,10-11H2,1-5H3,(H,19,21)(H,23,24). The summed E-state index contributed by atoms with van der Waals surface area (Å²) in [5, 5.41) is 11.7. The molecule has 1 aromatic rings. The molecule has 0 saturated heterocycles. The predicted octanol–water partition coefficient (Wildman–Crippen LogP) is 1.78. The molecule has 0 bridgehead atoms. The van der Waals surface area contributed by atoms with Crippen LogP contribution in [0.1, 0.15) is 47.9 Å². The summed E-state index contributed by atoms with van der Waals surface area (Å²) in [4.78, 5) is 36.8. The van der Waals surface area contributed by atoms with E-state index >= 15 is 0 Å². The Labute approximate surface area is 148 Å². The molecule has 7 heteroatoms. The van der Waals surface area contributed by atoms with Gasteiger partial charge in [0.15, 0.2) is 0 Å². The van der Waals surface area contributed by atoms with E-state index in [1.165, 1.54) is 29.2 Å². The molecule has 1 atom stereocenters. The molecule has 2 N–H and O–H groups in total. The molecule has 0 saturated carbocycles. The number of nitrogens with zero attached hydrogens (tertiary/aromatic N) is 1. The van der Waals surface area contributed by atoms with Crippen LogP contribution in [-0.2, 0) is 9.53 Å². The third kappa shape index (κ3) is 6.93. The van der Waals surface area contributed by atoms with E-state index in [2.05, 4.69) is 5.32 Å². The second-order valence-electron chi connectivity index (χ2n) is 6.89. The SMILES string of the molecule is CN(C)C(=O)c1ccc(C(=O)NC(CCOC(C)(C)C)C(=O)O)cc1. The minimum absolute atomic E-state index is 0.162. The van der Waals surface area contributed by atoms with Crippen molar-refractivity contribution in [1.82, 2.24) is 10.2 Å². The smallest absolute Gasteiger partial charge is 0.326 e. The van der Waals surface area contributed by atoms with Gasteiger partial charge in [0, 0.05) is 38.2 Å². The predicted molar refractivity (Wildman–Crippen MR) is 93.7 cm³/mol. The van der Waals surface area contributed by atoms with Crippen molar-refractivity contribution in [2.24, 2.45) is 0 Å². The Morgan fingerprint density at radius 3 is 2.08 bits per heavy atom. The highest BCUT2D eigenvalue weighted by molar-refractivity contribution is 5.98. The molecule has 138 valence electrons. The van der Waals surface area contributed by atoms with Gasteiger partial charge in [-0.2, -0.15) is 0 Å². The molecular formula is C18H26N2O5. The fraction of sp³-hybridized carbons (Fsp3) is 0.500. The van der Waals surface area contributed by atoms with E-state index in [0.717, 1.165) is 0 Å². The summed E-state index contributed by atoms with van der Waals surface area (Å²) in [6, 6.07) is 5.02. The molecule has 0 aliphatic heterocycles. The highest BCUT2D eigenvalue weighted by Gasteiger charge is 2.22. The van der Waals surface area contributed by atoms with Gasteiger partial charge in [-0.3, -0.25) is 9.59 Å². The van der Waals surface area contributed by atoms with Crippen molar-refractivity contribution in [3.05, 3.63) is 35.4 Å². The second-order valence-corrected chi connectivity index (χ2v) is 6.89. The number of carboxylic acid groups (broad SMARTS) is 1. The Bertz CT molecular complexity index is 617. The molecular weight excluding hydrogens is 324 g/mol. The van der Waals surface area contributed by atoms with Gasteiger partial charge in [-0.25, -0.2) is 4.79 Å². The number of hydrogen-bond donors (Lipinski definition) is 2. The highest BCUT2D eigenvalue weighted by Crippen LogP contribution is 2.10. The van der Waals surface area contributed by atoms with Crippen molar-refractivity contribution in [3.63, 3.8) is 0 Å². The van der Waals surface area contributed by atoms with E-state index in [4.69, 9.17) is 4.74 Å². The number of nitrogens with one attached hydrogen (secondary N) is 1. The lowest BCUT2D eigenvalue weighted by Gasteiger charge is -2.21. The molecule has 1 rings (SSSR count). The Hall–Kier alpha value is -2.41. The van der Waals surface area contributed by atoms with Crippen LogP contribution in [0.25, 0.3) is 0 Å². The maximum absolute atomic E-state index is 12.2. The summed E-state index contributed by atoms with van der Waals surface area (Å²) in [5.74, 6) is -1.80. The van der Waals surface area contributed by atoms with Gasteiger partial charge in [0.25, 0.3) is 11.8 Å². The molecule has 1 aromatic carbocycles. The van der Waals surface area contributed by atoms with Crippen molar-refractivity contribution >= 4 is 17.8 Å². The number of carbonyl (C=O) groups excluding carboxylic acids is 2. The summed E-state index contributed by atoms with van der Waals surface area (Å²) >= 11 is 0. The van der Waals surface area contributed by atoms with E-state index in [-0.39, 0.29) is 24.5 Å². The van der Waals surface area contributed by atoms with Crippen LogP contribution in [-0.4, -0.2) is 60.1 Å². The van der Waals surface area contributed by atoms with Crippen LogP contribution in [0.2, 0.25) is 0 Å². The quantitative estimate of drug-likeness (QED) is 0.781. The molecule has 0 heterocycles. The average Bonchev–Trinajstić information content (AvgIpc) is 2.51. The topological polar surface area (TPSA) is 95.9 Å².